The molecule has 1 N–H and O–H groups in total. The summed E-state index contributed by atoms with van der Waals surface area (Å²) in [6.07, 6.45) is 0. The van der Waals surface area contributed by atoms with Gasteiger partial charge in [0.05, 0.1) is 49.2 Å². The van der Waals surface area contributed by atoms with Crippen molar-refractivity contribution < 1.29 is 22.7 Å². The number of carbonyl (C=O) groups excluding carboxylic acids is 1. The van der Waals surface area contributed by atoms with Gasteiger partial charge in [-0.05, 0) is 36.4 Å². The normalized spacial score (nSPS) is 21.1. The summed E-state index contributed by atoms with van der Waals surface area (Å²) in [5, 5.41) is 3.45. The zero-order valence-corrected chi connectivity index (χ0v) is 20.7. The molecule has 0 spiro atoms. The van der Waals surface area contributed by atoms with Crippen molar-refractivity contribution in [1.29, 1.82) is 0 Å². The molecule has 1 saturated heterocycles. The summed E-state index contributed by atoms with van der Waals surface area (Å²) >= 11 is 4.64. The number of nitrogens with zero attached hydrogens (tertiary/aromatic N) is 2. The van der Waals surface area contributed by atoms with Gasteiger partial charge in [-0.15, -0.1) is 0 Å². The molecule has 2 atom stereocenters. The van der Waals surface area contributed by atoms with E-state index in [4.69, 9.17) is 9.47 Å². The Balaban J connectivity index is 1.57. The highest BCUT2D eigenvalue weighted by atomic mass is 79.9. The Hall–Kier alpha value is -2.24. The maximum atomic E-state index is 12.5. The molecular formula is C21H22BrN3O5S2. The fourth-order valence-corrected chi connectivity index (χ4v) is 6.78. The van der Waals surface area contributed by atoms with Crippen LogP contribution in [0.2, 0.25) is 0 Å². The number of ether oxygens (including phenoxy) is 2. The van der Waals surface area contributed by atoms with Crippen molar-refractivity contribution in [2.24, 2.45) is 4.99 Å². The van der Waals surface area contributed by atoms with Crippen LogP contribution in [-0.4, -0.2) is 63.1 Å². The quantitative estimate of drug-likeness (QED) is 0.601. The van der Waals surface area contributed by atoms with E-state index in [1.54, 1.807) is 32.4 Å². The Labute approximate surface area is 199 Å². The molecule has 1 amide bonds. The van der Waals surface area contributed by atoms with Gasteiger partial charge in [-0.2, -0.15) is 0 Å². The number of amidine groups is 1. The van der Waals surface area contributed by atoms with Crippen molar-refractivity contribution >= 4 is 60.0 Å². The number of methoxy groups -OCH3 is 2. The predicted molar refractivity (Wildman–Crippen MR) is 131 cm³/mol. The number of carbonyl (C=O) groups is 1. The van der Waals surface area contributed by atoms with Gasteiger partial charge in [0.15, 0.2) is 15.0 Å². The van der Waals surface area contributed by atoms with Gasteiger partial charge in [0.25, 0.3) is 0 Å². The third-order valence-corrected chi connectivity index (χ3v) is 8.41. The summed E-state index contributed by atoms with van der Waals surface area (Å²) in [5.74, 6) is 1.13. The topological polar surface area (TPSA) is 97.3 Å². The molecule has 0 aromatic heterocycles. The van der Waals surface area contributed by atoms with E-state index in [-0.39, 0.29) is 35.2 Å². The average molecular weight is 540 g/mol. The fourth-order valence-electron chi connectivity index (χ4n) is 3.76. The number of nitrogens with one attached hydrogen (secondary N) is 1. The summed E-state index contributed by atoms with van der Waals surface area (Å²) in [6.45, 7) is 0. The largest absolute Gasteiger partial charge is 0.497 e. The maximum Gasteiger partial charge on any atom is 0.234 e. The number of rotatable bonds is 6. The summed E-state index contributed by atoms with van der Waals surface area (Å²) in [6, 6.07) is 11.9. The number of halogens is 1. The first-order valence-electron chi connectivity index (χ1n) is 9.77. The Morgan fingerprint density at radius 3 is 2.62 bits per heavy atom. The minimum atomic E-state index is -3.19. The Kier molecular flexibility index (Phi) is 6.68. The van der Waals surface area contributed by atoms with E-state index in [9.17, 15) is 13.2 Å². The van der Waals surface area contributed by atoms with Crippen molar-refractivity contribution in [2.45, 2.75) is 12.1 Å². The molecule has 1 fully saturated rings. The molecule has 8 nitrogen and oxygen atoms in total. The second-order valence-electron chi connectivity index (χ2n) is 7.37. The minimum absolute atomic E-state index is 0.00329. The smallest absolute Gasteiger partial charge is 0.234 e. The van der Waals surface area contributed by atoms with Crippen molar-refractivity contribution in [3.05, 3.63) is 46.9 Å². The second kappa shape index (κ2) is 9.32. The standard InChI is InChI=1S/C21H22BrN3O5S2/c1-29-15-7-8-19(30-2)17(9-15)25-18-12-32(27,28)11-16(18)24-21(25)31-10-20(26)23-14-5-3-13(22)4-6-14/h3-9,16,18H,10-12H2,1-2H3,(H,23,26). The van der Waals surface area contributed by atoms with Crippen molar-refractivity contribution in [1.82, 2.24) is 0 Å². The molecule has 0 radical (unpaired) electrons. The SMILES string of the molecule is COc1ccc(OC)c(N2C(SCC(=O)Nc3ccc(Br)cc3)=NC3CS(=O)(=O)CC32)c1. The van der Waals surface area contributed by atoms with Gasteiger partial charge in [0.1, 0.15) is 11.5 Å². The van der Waals surface area contributed by atoms with Crippen LogP contribution in [0.3, 0.4) is 0 Å². The Morgan fingerprint density at radius 2 is 1.94 bits per heavy atom. The maximum absolute atomic E-state index is 12.5. The lowest BCUT2D eigenvalue weighted by Crippen LogP contribution is -2.39. The average Bonchev–Trinajstić information content (AvgIpc) is 3.24. The minimum Gasteiger partial charge on any atom is -0.497 e. The molecule has 11 heteroatoms. The van der Waals surface area contributed by atoms with Gasteiger partial charge < -0.3 is 19.7 Å². The molecule has 32 heavy (non-hydrogen) atoms. The number of anilines is 2. The van der Waals surface area contributed by atoms with Crippen LogP contribution >= 0.6 is 27.7 Å². The molecular weight excluding hydrogens is 518 g/mol. The number of aliphatic imine (C=N–C) groups is 1. The van der Waals surface area contributed by atoms with Gasteiger partial charge in [0, 0.05) is 16.2 Å². The Morgan fingerprint density at radius 1 is 1.19 bits per heavy atom. The highest BCUT2D eigenvalue weighted by molar-refractivity contribution is 9.10. The van der Waals surface area contributed by atoms with Gasteiger partial charge in [-0.25, -0.2) is 8.42 Å². The summed E-state index contributed by atoms with van der Waals surface area (Å²) in [4.78, 5) is 19.1. The zero-order chi connectivity index (χ0) is 22.9. The first-order chi connectivity index (χ1) is 15.3. The van der Waals surface area contributed by atoms with Crippen LogP contribution in [0.4, 0.5) is 11.4 Å². The summed E-state index contributed by atoms with van der Waals surface area (Å²) in [7, 11) is -0.0743. The van der Waals surface area contributed by atoms with E-state index in [0.29, 0.717) is 28.0 Å². The van der Waals surface area contributed by atoms with Gasteiger partial charge in [-0.3, -0.25) is 9.79 Å². The highest BCUT2D eigenvalue weighted by Gasteiger charge is 2.48. The van der Waals surface area contributed by atoms with Crippen LogP contribution in [0.25, 0.3) is 0 Å². The van der Waals surface area contributed by atoms with E-state index >= 15 is 0 Å². The van der Waals surface area contributed by atoms with Crippen molar-refractivity contribution in [2.75, 3.05) is 41.7 Å². The van der Waals surface area contributed by atoms with Crippen LogP contribution in [-0.2, 0) is 14.6 Å². The van der Waals surface area contributed by atoms with Gasteiger partial charge in [-0.1, -0.05) is 27.7 Å². The fraction of sp³-hybridized carbons (Fsp3) is 0.333. The third kappa shape index (κ3) is 4.89. The molecule has 2 unspecified atom stereocenters. The van der Waals surface area contributed by atoms with Gasteiger partial charge >= 0.3 is 0 Å². The number of hydrogen-bond acceptors (Lipinski definition) is 8. The summed E-state index contributed by atoms with van der Waals surface area (Å²) < 4.78 is 36.4. The van der Waals surface area contributed by atoms with E-state index in [0.717, 1.165) is 4.47 Å². The van der Waals surface area contributed by atoms with Crippen LogP contribution in [0.5, 0.6) is 11.5 Å². The van der Waals surface area contributed by atoms with Gasteiger partial charge in [0.2, 0.25) is 5.91 Å². The number of sulfone groups is 1. The van der Waals surface area contributed by atoms with Crippen LogP contribution in [0.1, 0.15) is 0 Å². The molecule has 2 aromatic rings. The molecule has 2 aromatic carbocycles. The lowest BCUT2D eigenvalue weighted by Gasteiger charge is -2.28. The molecule has 2 aliphatic heterocycles. The van der Waals surface area contributed by atoms with E-state index in [1.165, 1.54) is 11.8 Å². The van der Waals surface area contributed by atoms with E-state index in [1.807, 2.05) is 29.2 Å². The van der Waals surface area contributed by atoms with Crippen LogP contribution in [0, 0.1) is 0 Å². The number of amides is 1. The van der Waals surface area contributed by atoms with E-state index in [2.05, 4.69) is 26.2 Å². The lowest BCUT2D eigenvalue weighted by molar-refractivity contribution is -0.113. The second-order valence-corrected chi connectivity index (χ2v) is 11.4. The number of hydrogen-bond donors (Lipinski definition) is 1. The van der Waals surface area contributed by atoms with Crippen LogP contribution < -0.4 is 19.7 Å². The number of fused-ring (bicyclic) bond motifs is 1. The van der Waals surface area contributed by atoms with Crippen molar-refractivity contribution in [3.8, 4) is 11.5 Å². The lowest BCUT2D eigenvalue weighted by atomic mass is 10.1. The van der Waals surface area contributed by atoms with Crippen molar-refractivity contribution in [3.63, 3.8) is 0 Å². The molecule has 4 rings (SSSR count). The van der Waals surface area contributed by atoms with Crippen LogP contribution in [0.15, 0.2) is 51.9 Å². The molecule has 0 saturated carbocycles. The third-order valence-electron chi connectivity index (χ3n) is 5.21. The first-order valence-corrected chi connectivity index (χ1v) is 13.4. The first kappa shape index (κ1) is 22.9. The Bertz CT molecular complexity index is 1150. The zero-order valence-electron chi connectivity index (χ0n) is 17.4. The molecule has 0 bridgehead atoms. The summed E-state index contributed by atoms with van der Waals surface area (Å²) in [5.41, 5.74) is 1.36. The number of benzene rings is 2. The molecule has 0 aliphatic carbocycles. The molecule has 170 valence electrons. The molecule has 2 aliphatic rings. The number of thioether (sulfide) groups is 1. The highest BCUT2D eigenvalue weighted by Crippen LogP contribution is 2.41. The monoisotopic (exact) mass is 539 g/mol. The van der Waals surface area contributed by atoms with E-state index < -0.39 is 9.84 Å². The molecule has 2 heterocycles. The predicted octanol–water partition coefficient (Wildman–Crippen LogP) is 3.18.